The van der Waals surface area contributed by atoms with Gasteiger partial charge in [-0.05, 0) is 60.7 Å². The zero-order valence-corrected chi connectivity index (χ0v) is 15.9. The maximum absolute atomic E-state index is 12.9. The Morgan fingerprint density at radius 3 is 1.80 bits per heavy atom. The van der Waals surface area contributed by atoms with Crippen molar-refractivity contribution in [2.75, 3.05) is 0 Å². The van der Waals surface area contributed by atoms with Crippen LogP contribution in [0.15, 0.2) is 97.1 Å². The van der Waals surface area contributed by atoms with E-state index in [4.69, 9.17) is 9.47 Å². The lowest BCUT2D eigenvalue weighted by Gasteiger charge is -2.16. The third-order valence-electron chi connectivity index (χ3n) is 4.40. The number of phenolic OH excluding ortho intramolecular Hbond substituents is 2. The summed E-state index contributed by atoms with van der Waals surface area (Å²) in [6.45, 7) is 0. The lowest BCUT2D eigenvalue weighted by atomic mass is 10.0. The molecule has 0 heterocycles. The minimum Gasteiger partial charge on any atom is -0.508 e. The summed E-state index contributed by atoms with van der Waals surface area (Å²) in [5.41, 5.74) is 0.387. The van der Waals surface area contributed by atoms with Crippen molar-refractivity contribution in [3.63, 3.8) is 0 Å². The smallest absolute Gasteiger partial charge is 0.212 e. The molecule has 148 valence electrons. The van der Waals surface area contributed by atoms with Gasteiger partial charge in [-0.25, -0.2) is 0 Å². The standard InChI is InChI=1S/C25H18O5/c26-18-13-11-17(12-14-18)23(27)21-15-16-22(29-19-7-3-1-4-8-19)25(24(21)28)30-20-9-5-2-6-10-20/h1-16,26,28H. The van der Waals surface area contributed by atoms with Gasteiger partial charge in [-0.2, -0.15) is 0 Å². The van der Waals surface area contributed by atoms with Gasteiger partial charge in [-0.3, -0.25) is 4.79 Å². The molecule has 0 aromatic heterocycles. The number of hydrogen-bond donors (Lipinski definition) is 2. The summed E-state index contributed by atoms with van der Waals surface area (Å²) in [6, 6.07) is 26.9. The Hall–Kier alpha value is -4.25. The molecule has 4 aromatic rings. The Kier molecular flexibility index (Phi) is 5.35. The molecule has 0 radical (unpaired) electrons. The quantitative estimate of drug-likeness (QED) is 0.395. The molecular formula is C25H18O5. The molecule has 0 aliphatic rings. The molecule has 5 heteroatoms. The molecule has 4 aromatic carbocycles. The monoisotopic (exact) mass is 398 g/mol. The largest absolute Gasteiger partial charge is 0.508 e. The van der Waals surface area contributed by atoms with E-state index in [1.54, 1.807) is 42.5 Å². The Balaban J connectivity index is 1.76. The van der Waals surface area contributed by atoms with E-state index in [-0.39, 0.29) is 28.6 Å². The highest BCUT2D eigenvalue weighted by Gasteiger charge is 2.22. The minimum atomic E-state index is -0.406. The summed E-state index contributed by atoms with van der Waals surface area (Å²) in [7, 11) is 0. The first-order valence-corrected chi connectivity index (χ1v) is 9.27. The predicted molar refractivity (Wildman–Crippen MR) is 113 cm³/mol. The molecule has 30 heavy (non-hydrogen) atoms. The van der Waals surface area contributed by atoms with Crippen LogP contribution in [0.3, 0.4) is 0 Å². The molecule has 0 amide bonds. The van der Waals surface area contributed by atoms with Gasteiger partial charge in [-0.15, -0.1) is 0 Å². The average Bonchev–Trinajstić information content (AvgIpc) is 2.78. The van der Waals surface area contributed by atoms with Crippen molar-refractivity contribution in [2.45, 2.75) is 0 Å². The van der Waals surface area contributed by atoms with E-state index in [1.165, 1.54) is 30.3 Å². The molecule has 0 spiro atoms. The van der Waals surface area contributed by atoms with E-state index in [2.05, 4.69) is 0 Å². The second-order valence-corrected chi connectivity index (χ2v) is 6.50. The topological polar surface area (TPSA) is 76.0 Å². The zero-order valence-electron chi connectivity index (χ0n) is 15.9. The van der Waals surface area contributed by atoms with Gasteiger partial charge in [0.15, 0.2) is 17.3 Å². The second kappa shape index (κ2) is 8.41. The van der Waals surface area contributed by atoms with Crippen LogP contribution in [0.25, 0.3) is 0 Å². The highest BCUT2D eigenvalue weighted by Crippen LogP contribution is 2.44. The summed E-state index contributed by atoms with van der Waals surface area (Å²) in [5.74, 6) is 0.671. The van der Waals surface area contributed by atoms with Crippen LogP contribution in [0.4, 0.5) is 0 Å². The van der Waals surface area contributed by atoms with Crippen molar-refractivity contribution in [3.8, 4) is 34.5 Å². The first-order valence-electron chi connectivity index (χ1n) is 9.27. The van der Waals surface area contributed by atoms with E-state index >= 15 is 0 Å². The molecule has 0 atom stereocenters. The minimum absolute atomic E-state index is 0.0367. The first kappa shape index (κ1) is 19.1. The van der Waals surface area contributed by atoms with Crippen LogP contribution in [0, 0.1) is 0 Å². The fraction of sp³-hybridized carbons (Fsp3) is 0. The van der Waals surface area contributed by atoms with Crippen LogP contribution >= 0.6 is 0 Å². The number of ether oxygens (including phenoxy) is 2. The van der Waals surface area contributed by atoms with E-state index in [1.807, 2.05) is 24.3 Å². The van der Waals surface area contributed by atoms with E-state index in [0.29, 0.717) is 17.1 Å². The van der Waals surface area contributed by atoms with Gasteiger partial charge in [0.2, 0.25) is 5.75 Å². The van der Waals surface area contributed by atoms with Gasteiger partial charge in [0, 0.05) is 5.56 Å². The second-order valence-electron chi connectivity index (χ2n) is 6.50. The molecule has 0 aliphatic carbocycles. The van der Waals surface area contributed by atoms with Crippen LogP contribution in [0.5, 0.6) is 34.5 Å². The Bertz CT molecular complexity index is 1150. The number of aromatic hydroxyl groups is 2. The molecule has 0 bridgehead atoms. The average molecular weight is 398 g/mol. The highest BCUT2D eigenvalue weighted by molar-refractivity contribution is 6.11. The molecule has 0 unspecified atom stereocenters. The summed E-state index contributed by atoms with van der Waals surface area (Å²) in [4.78, 5) is 12.9. The molecular weight excluding hydrogens is 380 g/mol. The molecule has 0 saturated heterocycles. The van der Waals surface area contributed by atoms with Crippen molar-refractivity contribution in [1.29, 1.82) is 0 Å². The summed E-state index contributed by atoms with van der Waals surface area (Å²) < 4.78 is 11.8. The third kappa shape index (κ3) is 4.10. The molecule has 2 N–H and O–H groups in total. The van der Waals surface area contributed by atoms with Crippen molar-refractivity contribution >= 4 is 5.78 Å². The zero-order chi connectivity index (χ0) is 20.9. The van der Waals surface area contributed by atoms with Crippen molar-refractivity contribution < 1.29 is 24.5 Å². The van der Waals surface area contributed by atoms with Gasteiger partial charge < -0.3 is 19.7 Å². The van der Waals surface area contributed by atoms with E-state index in [9.17, 15) is 15.0 Å². The molecule has 5 nitrogen and oxygen atoms in total. The fourth-order valence-corrected chi connectivity index (χ4v) is 2.91. The summed E-state index contributed by atoms with van der Waals surface area (Å²) >= 11 is 0. The fourth-order valence-electron chi connectivity index (χ4n) is 2.91. The molecule has 4 rings (SSSR count). The van der Waals surface area contributed by atoms with Crippen molar-refractivity contribution in [3.05, 3.63) is 108 Å². The third-order valence-corrected chi connectivity index (χ3v) is 4.40. The maximum atomic E-state index is 12.9. The van der Waals surface area contributed by atoms with E-state index in [0.717, 1.165) is 0 Å². The number of phenols is 2. The number of carbonyl (C=O) groups excluding carboxylic acids is 1. The highest BCUT2D eigenvalue weighted by atomic mass is 16.5. The first-order chi connectivity index (χ1) is 14.6. The van der Waals surface area contributed by atoms with Gasteiger partial charge in [0.05, 0.1) is 5.56 Å². The normalized spacial score (nSPS) is 10.4. The van der Waals surface area contributed by atoms with Crippen molar-refractivity contribution in [2.24, 2.45) is 0 Å². The van der Waals surface area contributed by atoms with Crippen LogP contribution < -0.4 is 9.47 Å². The maximum Gasteiger partial charge on any atom is 0.212 e. The van der Waals surface area contributed by atoms with Gasteiger partial charge in [0.25, 0.3) is 0 Å². The Labute approximate surface area is 173 Å². The number of rotatable bonds is 6. The SMILES string of the molecule is O=C(c1ccc(O)cc1)c1ccc(Oc2ccccc2)c(Oc2ccccc2)c1O. The number of benzene rings is 4. The van der Waals surface area contributed by atoms with Crippen LogP contribution in [0.1, 0.15) is 15.9 Å². The summed E-state index contributed by atoms with van der Waals surface area (Å²) in [5, 5.41) is 20.4. The lowest BCUT2D eigenvalue weighted by Crippen LogP contribution is -2.03. The van der Waals surface area contributed by atoms with Crippen LogP contribution in [-0.4, -0.2) is 16.0 Å². The number of carbonyl (C=O) groups is 1. The number of ketones is 1. The van der Waals surface area contributed by atoms with Gasteiger partial charge in [-0.1, -0.05) is 36.4 Å². The van der Waals surface area contributed by atoms with E-state index < -0.39 is 5.78 Å². The predicted octanol–water partition coefficient (Wildman–Crippen LogP) is 5.91. The van der Waals surface area contributed by atoms with Crippen LogP contribution in [0.2, 0.25) is 0 Å². The summed E-state index contributed by atoms with van der Waals surface area (Å²) in [6.07, 6.45) is 0. The molecule has 0 saturated carbocycles. The Morgan fingerprint density at radius 1 is 0.633 bits per heavy atom. The van der Waals surface area contributed by atoms with Crippen LogP contribution in [-0.2, 0) is 0 Å². The number of para-hydroxylation sites is 2. The van der Waals surface area contributed by atoms with Crippen molar-refractivity contribution in [1.82, 2.24) is 0 Å². The lowest BCUT2D eigenvalue weighted by molar-refractivity contribution is 0.103. The molecule has 0 fully saturated rings. The van der Waals surface area contributed by atoms with Gasteiger partial charge in [0.1, 0.15) is 17.2 Å². The number of hydrogen-bond acceptors (Lipinski definition) is 5. The Morgan fingerprint density at radius 2 is 1.20 bits per heavy atom. The van der Waals surface area contributed by atoms with Gasteiger partial charge >= 0.3 is 0 Å². The molecule has 0 aliphatic heterocycles.